The lowest BCUT2D eigenvalue weighted by Crippen LogP contribution is -2.23. The Balaban J connectivity index is 2.13. The van der Waals surface area contributed by atoms with Gasteiger partial charge in [-0.15, -0.1) is 0 Å². The number of benzene rings is 1. The minimum atomic E-state index is 0.109. The summed E-state index contributed by atoms with van der Waals surface area (Å²) < 4.78 is 2.15. The molecule has 0 saturated carbocycles. The summed E-state index contributed by atoms with van der Waals surface area (Å²) in [6.07, 6.45) is 2.59. The van der Waals surface area contributed by atoms with Gasteiger partial charge in [0.1, 0.15) is 0 Å². The van der Waals surface area contributed by atoms with Crippen LogP contribution in [0.3, 0.4) is 0 Å². The molecule has 0 aliphatic rings. The summed E-state index contributed by atoms with van der Waals surface area (Å²) in [5, 5.41) is 7.46. The standard InChI is InChI=1S/C16H23N3O/c1-3-17-12-13-6-5-7-15-14(13)8-10-19(15)11-9-16(20)18-4-2/h5-8,10,17H,3-4,9,11-12H2,1-2H3,(H,18,20). The lowest BCUT2D eigenvalue weighted by molar-refractivity contribution is -0.121. The van der Waals surface area contributed by atoms with E-state index in [1.165, 1.54) is 16.5 Å². The number of carbonyl (C=O) groups is 1. The van der Waals surface area contributed by atoms with Crippen molar-refractivity contribution in [3.05, 3.63) is 36.0 Å². The fourth-order valence-electron chi connectivity index (χ4n) is 2.40. The first-order valence-electron chi connectivity index (χ1n) is 7.30. The van der Waals surface area contributed by atoms with Gasteiger partial charge in [-0.3, -0.25) is 4.79 Å². The first-order chi connectivity index (χ1) is 9.76. The molecule has 2 aromatic rings. The molecule has 0 unspecified atom stereocenters. The van der Waals surface area contributed by atoms with Gasteiger partial charge in [0.15, 0.2) is 0 Å². The molecule has 0 aliphatic heterocycles. The Bertz CT molecular complexity index is 574. The van der Waals surface area contributed by atoms with Gasteiger partial charge < -0.3 is 15.2 Å². The highest BCUT2D eigenvalue weighted by Crippen LogP contribution is 2.20. The molecular weight excluding hydrogens is 250 g/mol. The largest absolute Gasteiger partial charge is 0.356 e. The molecule has 0 saturated heterocycles. The molecule has 2 N–H and O–H groups in total. The predicted octanol–water partition coefficient (Wildman–Crippen LogP) is 2.28. The van der Waals surface area contributed by atoms with Crippen LogP contribution >= 0.6 is 0 Å². The highest BCUT2D eigenvalue weighted by molar-refractivity contribution is 5.84. The highest BCUT2D eigenvalue weighted by Gasteiger charge is 2.06. The summed E-state index contributed by atoms with van der Waals surface area (Å²) >= 11 is 0. The van der Waals surface area contributed by atoms with E-state index in [2.05, 4.69) is 52.6 Å². The SMILES string of the molecule is CCNCc1cccc2c1ccn2CCC(=O)NCC. The van der Waals surface area contributed by atoms with Crippen molar-refractivity contribution in [2.45, 2.75) is 33.4 Å². The van der Waals surface area contributed by atoms with E-state index < -0.39 is 0 Å². The maximum atomic E-state index is 11.5. The molecule has 2 rings (SSSR count). The van der Waals surface area contributed by atoms with Gasteiger partial charge in [0.2, 0.25) is 5.91 Å². The molecule has 0 aliphatic carbocycles. The third kappa shape index (κ3) is 3.39. The van der Waals surface area contributed by atoms with Gasteiger partial charge in [0, 0.05) is 43.2 Å². The maximum Gasteiger partial charge on any atom is 0.221 e. The topological polar surface area (TPSA) is 46.1 Å². The predicted molar refractivity (Wildman–Crippen MR) is 82.6 cm³/mol. The quantitative estimate of drug-likeness (QED) is 0.813. The molecule has 4 nitrogen and oxygen atoms in total. The van der Waals surface area contributed by atoms with Crippen LogP contribution in [0.1, 0.15) is 25.8 Å². The van der Waals surface area contributed by atoms with E-state index in [0.717, 1.165) is 19.6 Å². The Morgan fingerprint density at radius 2 is 2.05 bits per heavy atom. The second kappa shape index (κ2) is 7.10. The van der Waals surface area contributed by atoms with Crippen LogP contribution in [0.4, 0.5) is 0 Å². The Kier molecular flexibility index (Phi) is 5.18. The Morgan fingerprint density at radius 1 is 1.20 bits per heavy atom. The van der Waals surface area contributed by atoms with Crippen molar-refractivity contribution >= 4 is 16.8 Å². The molecule has 1 aromatic heterocycles. The summed E-state index contributed by atoms with van der Waals surface area (Å²) in [5.41, 5.74) is 2.51. The van der Waals surface area contributed by atoms with Crippen LogP contribution < -0.4 is 10.6 Å². The molecule has 0 radical (unpaired) electrons. The number of aromatic nitrogens is 1. The Morgan fingerprint density at radius 3 is 2.80 bits per heavy atom. The summed E-state index contributed by atoms with van der Waals surface area (Å²) in [5.74, 6) is 0.109. The number of amides is 1. The Hall–Kier alpha value is -1.81. The van der Waals surface area contributed by atoms with E-state index in [1.54, 1.807) is 0 Å². The molecule has 0 bridgehead atoms. The van der Waals surface area contributed by atoms with Crippen molar-refractivity contribution in [2.75, 3.05) is 13.1 Å². The molecule has 0 atom stereocenters. The number of aryl methyl sites for hydroxylation is 1. The van der Waals surface area contributed by atoms with Crippen molar-refractivity contribution in [1.29, 1.82) is 0 Å². The zero-order valence-corrected chi connectivity index (χ0v) is 12.3. The number of hydrogen-bond acceptors (Lipinski definition) is 2. The molecular formula is C16H23N3O. The molecule has 0 spiro atoms. The van der Waals surface area contributed by atoms with E-state index in [1.807, 2.05) is 6.92 Å². The number of nitrogens with zero attached hydrogens (tertiary/aromatic N) is 1. The smallest absolute Gasteiger partial charge is 0.221 e. The Labute approximate surface area is 120 Å². The van der Waals surface area contributed by atoms with Crippen LogP contribution in [0.2, 0.25) is 0 Å². The second-order valence-electron chi connectivity index (χ2n) is 4.84. The average molecular weight is 273 g/mol. The summed E-state index contributed by atoms with van der Waals surface area (Å²) in [4.78, 5) is 11.5. The van der Waals surface area contributed by atoms with E-state index in [9.17, 15) is 4.79 Å². The third-order valence-corrected chi connectivity index (χ3v) is 3.42. The van der Waals surface area contributed by atoms with E-state index in [-0.39, 0.29) is 5.91 Å². The van der Waals surface area contributed by atoms with Gasteiger partial charge >= 0.3 is 0 Å². The number of hydrogen-bond donors (Lipinski definition) is 2. The monoisotopic (exact) mass is 273 g/mol. The van der Waals surface area contributed by atoms with Crippen LogP contribution in [-0.2, 0) is 17.9 Å². The first kappa shape index (κ1) is 14.6. The minimum absolute atomic E-state index is 0.109. The highest BCUT2D eigenvalue weighted by atomic mass is 16.1. The number of carbonyl (C=O) groups excluding carboxylic acids is 1. The number of rotatable bonds is 7. The molecule has 0 fully saturated rings. The van der Waals surface area contributed by atoms with Gasteiger partial charge in [-0.2, -0.15) is 0 Å². The van der Waals surface area contributed by atoms with Crippen molar-refractivity contribution in [3.8, 4) is 0 Å². The maximum absolute atomic E-state index is 11.5. The van der Waals surface area contributed by atoms with Gasteiger partial charge in [-0.05, 0) is 31.2 Å². The van der Waals surface area contributed by atoms with E-state index in [0.29, 0.717) is 13.0 Å². The van der Waals surface area contributed by atoms with E-state index in [4.69, 9.17) is 0 Å². The molecule has 1 heterocycles. The molecule has 20 heavy (non-hydrogen) atoms. The van der Waals surface area contributed by atoms with Crippen LogP contribution in [0.15, 0.2) is 30.5 Å². The summed E-state index contributed by atoms with van der Waals surface area (Å²) in [7, 11) is 0. The first-order valence-corrected chi connectivity index (χ1v) is 7.30. The van der Waals surface area contributed by atoms with Crippen LogP contribution in [0, 0.1) is 0 Å². The minimum Gasteiger partial charge on any atom is -0.356 e. The zero-order chi connectivity index (χ0) is 14.4. The van der Waals surface area contributed by atoms with Gasteiger partial charge in [0.05, 0.1) is 0 Å². The third-order valence-electron chi connectivity index (χ3n) is 3.42. The van der Waals surface area contributed by atoms with Crippen LogP contribution in [0.25, 0.3) is 10.9 Å². The second-order valence-corrected chi connectivity index (χ2v) is 4.84. The van der Waals surface area contributed by atoms with Crippen molar-refractivity contribution in [2.24, 2.45) is 0 Å². The summed E-state index contributed by atoms with van der Waals surface area (Å²) in [6, 6.07) is 8.49. The fraction of sp³-hybridized carbons (Fsp3) is 0.438. The normalized spacial score (nSPS) is 10.9. The van der Waals surface area contributed by atoms with Gasteiger partial charge in [0.25, 0.3) is 0 Å². The average Bonchev–Trinajstić information content (AvgIpc) is 2.87. The van der Waals surface area contributed by atoms with Crippen LogP contribution in [-0.4, -0.2) is 23.6 Å². The van der Waals surface area contributed by atoms with Crippen molar-refractivity contribution < 1.29 is 4.79 Å². The summed E-state index contributed by atoms with van der Waals surface area (Å²) in [6.45, 7) is 7.31. The molecule has 1 aromatic carbocycles. The van der Waals surface area contributed by atoms with Crippen LogP contribution in [0.5, 0.6) is 0 Å². The molecule has 1 amide bonds. The van der Waals surface area contributed by atoms with Crippen molar-refractivity contribution in [1.82, 2.24) is 15.2 Å². The lowest BCUT2D eigenvalue weighted by Gasteiger charge is -2.08. The molecule has 4 heteroatoms. The number of fused-ring (bicyclic) bond motifs is 1. The number of nitrogens with one attached hydrogen (secondary N) is 2. The van der Waals surface area contributed by atoms with Gasteiger partial charge in [-0.1, -0.05) is 19.1 Å². The lowest BCUT2D eigenvalue weighted by atomic mass is 10.1. The van der Waals surface area contributed by atoms with Crippen molar-refractivity contribution in [3.63, 3.8) is 0 Å². The zero-order valence-electron chi connectivity index (χ0n) is 12.3. The van der Waals surface area contributed by atoms with E-state index >= 15 is 0 Å². The van der Waals surface area contributed by atoms with Gasteiger partial charge in [-0.25, -0.2) is 0 Å². The molecule has 108 valence electrons. The fourth-order valence-corrected chi connectivity index (χ4v) is 2.40.